The van der Waals surface area contributed by atoms with Crippen LogP contribution in [0.4, 0.5) is 0 Å². The number of rotatable bonds is 5. The molecule has 0 aliphatic carbocycles. The number of carbonyl (C=O) groups is 1. The number of aromatic nitrogens is 3. The number of amides is 1. The Kier molecular flexibility index (Phi) is 5.90. The monoisotopic (exact) mass is 309 g/mol. The summed E-state index contributed by atoms with van der Waals surface area (Å²) in [4.78, 5) is 20.7. The van der Waals surface area contributed by atoms with Crippen LogP contribution in [0.3, 0.4) is 0 Å². The second kappa shape index (κ2) is 7.69. The molecule has 22 heavy (non-hydrogen) atoms. The normalized spacial score (nSPS) is 20.4. The van der Waals surface area contributed by atoms with E-state index in [1.54, 1.807) is 0 Å². The van der Waals surface area contributed by atoms with Gasteiger partial charge in [-0.15, -0.1) is 0 Å². The topological polar surface area (TPSA) is 85.3 Å². The van der Waals surface area contributed by atoms with Gasteiger partial charge in [-0.3, -0.25) is 14.8 Å². The van der Waals surface area contributed by atoms with Gasteiger partial charge in [0.1, 0.15) is 5.82 Å². The van der Waals surface area contributed by atoms with Crippen LogP contribution in [0, 0.1) is 12.8 Å². The van der Waals surface area contributed by atoms with Gasteiger partial charge in [0.05, 0.1) is 12.6 Å². The largest absolute Gasteiger partial charge is 0.396 e. The molecule has 7 nitrogen and oxygen atoms in total. The summed E-state index contributed by atoms with van der Waals surface area (Å²) in [5.74, 6) is 2.20. The molecule has 1 aliphatic rings. The number of aliphatic hydroxyl groups excluding tert-OH is 1. The number of aliphatic hydroxyl groups is 1. The first-order chi connectivity index (χ1) is 10.5. The fraction of sp³-hybridized carbons (Fsp3) is 0.800. The zero-order valence-electron chi connectivity index (χ0n) is 13.7. The molecule has 1 aromatic heterocycles. The lowest BCUT2D eigenvalue weighted by molar-refractivity contribution is -0.131. The standard InChI is InChI=1S/C15H27N5O2/c1-11(2)10-20-8-7-19(14(22)5-9-21)6-4-13(20)15-16-12(3)17-18-15/h11,13,21H,4-10H2,1-3H3,(H,16,17,18). The lowest BCUT2D eigenvalue weighted by Crippen LogP contribution is -2.37. The Morgan fingerprint density at radius 1 is 1.41 bits per heavy atom. The number of carbonyl (C=O) groups excluding carboxylic acids is 1. The van der Waals surface area contributed by atoms with E-state index in [0.717, 1.165) is 31.2 Å². The third-order valence-corrected chi connectivity index (χ3v) is 3.96. The molecule has 2 heterocycles. The second-order valence-corrected chi connectivity index (χ2v) is 6.33. The maximum absolute atomic E-state index is 12.0. The quantitative estimate of drug-likeness (QED) is 0.837. The molecule has 124 valence electrons. The summed E-state index contributed by atoms with van der Waals surface area (Å²) in [6.07, 6.45) is 1.02. The highest BCUT2D eigenvalue weighted by Crippen LogP contribution is 2.25. The predicted octanol–water partition coefficient (Wildman–Crippen LogP) is 0.727. The van der Waals surface area contributed by atoms with Crippen molar-refractivity contribution in [2.45, 2.75) is 39.7 Å². The Balaban J connectivity index is 2.12. The molecular formula is C15H27N5O2. The summed E-state index contributed by atoms with van der Waals surface area (Å²) in [7, 11) is 0. The van der Waals surface area contributed by atoms with Crippen LogP contribution in [0.25, 0.3) is 0 Å². The van der Waals surface area contributed by atoms with E-state index in [1.165, 1.54) is 0 Å². The molecule has 0 radical (unpaired) electrons. The first kappa shape index (κ1) is 16.9. The number of hydrogen-bond donors (Lipinski definition) is 2. The van der Waals surface area contributed by atoms with Gasteiger partial charge in [0.2, 0.25) is 5.91 Å². The van der Waals surface area contributed by atoms with Crippen LogP contribution in [0.5, 0.6) is 0 Å². The van der Waals surface area contributed by atoms with E-state index >= 15 is 0 Å². The number of nitrogens with zero attached hydrogens (tertiary/aromatic N) is 4. The first-order valence-electron chi connectivity index (χ1n) is 8.02. The van der Waals surface area contributed by atoms with Gasteiger partial charge in [-0.1, -0.05) is 13.8 Å². The van der Waals surface area contributed by atoms with Gasteiger partial charge < -0.3 is 10.0 Å². The summed E-state index contributed by atoms with van der Waals surface area (Å²) in [6.45, 7) is 9.36. The van der Waals surface area contributed by atoms with Gasteiger partial charge in [-0.2, -0.15) is 5.10 Å². The van der Waals surface area contributed by atoms with Gasteiger partial charge in [-0.25, -0.2) is 4.98 Å². The Bertz CT molecular complexity index is 488. The van der Waals surface area contributed by atoms with Gasteiger partial charge in [0.25, 0.3) is 0 Å². The molecule has 0 bridgehead atoms. The van der Waals surface area contributed by atoms with Crippen molar-refractivity contribution in [3.8, 4) is 0 Å². The van der Waals surface area contributed by atoms with Gasteiger partial charge >= 0.3 is 0 Å². The summed E-state index contributed by atoms with van der Waals surface area (Å²) in [5, 5.41) is 16.2. The van der Waals surface area contributed by atoms with Crippen molar-refractivity contribution < 1.29 is 9.90 Å². The molecule has 0 aromatic carbocycles. The first-order valence-corrected chi connectivity index (χ1v) is 8.02. The Hall–Kier alpha value is -1.47. The number of hydrogen-bond acceptors (Lipinski definition) is 5. The summed E-state index contributed by atoms with van der Waals surface area (Å²) >= 11 is 0. The molecule has 2 N–H and O–H groups in total. The molecule has 7 heteroatoms. The van der Waals surface area contributed by atoms with Crippen LogP contribution in [0.15, 0.2) is 0 Å². The van der Waals surface area contributed by atoms with Crippen molar-refractivity contribution in [2.75, 3.05) is 32.8 Å². The van der Waals surface area contributed by atoms with E-state index in [2.05, 4.69) is 33.9 Å². The lowest BCUT2D eigenvalue weighted by atomic mass is 10.1. The second-order valence-electron chi connectivity index (χ2n) is 6.33. The zero-order chi connectivity index (χ0) is 16.1. The van der Waals surface area contributed by atoms with Crippen molar-refractivity contribution in [1.82, 2.24) is 25.0 Å². The highest BCUT2D eigenvalue weighted by atomic mass is 16.3. The number of nitrogens with one attached hydrogen (secondary N) is 1. The molecular weight excluding hydrogens is 282 g/mol. The van der Waals surface area contributed by atoms with Gasteiger partial charge in [0.15, 0.2) is 5.82 Å². The average molecular weight is 309 g/mol. The van der Waals surface area contributed by atoms with E-state index in [-0.39, 0.29) is 25.0 Å². The maximum atomic E-state index is 12.0. The van der Waals surface area contributed by atoms with Crippen LogP contribution in [-0.2, 0) is 4.79 Å². The highest BCUT2D eigenvalue weighted by molar-refractivity contribution is 5.76. The molecule has 1 unspecified atom stereocenters. The van der Waals surface area contributed by atoms with Gasteiger partial charge in [-0.05, 0) is 19.3 Å². The smallest absolute Gasteiger partial charge is 0.224 e. The molecule has 0 saturated carbocycles. The van der Waals surface area contributed by atoms with Crippen molar-refractivity contribution >= 4 is 5.91 Å². The zero-order valence-corrected chi connectivity index (χ0v) is 13.7. The summed E-state index contributed by atoms with van der Waals surface area (Å²) in [5.41, 5.74) is 0. The van der Waals surface area contributed by atoms with E-state index in [0.29, 0.717) is 19.0 Å². The SMILES string of the molecule is Cc1nc(C2CCN(C(=O)CCO)CCN2CC(C)C)n[nH]1. The van der Waals surface area contributed by atoms with E-state index in [9.17, 15) is 4.79 Å². The number of aromatic amines is 1. The van der Waals surface area contributed by atoms with Crippen LogP contribution in [0.2, 0.25) is 0 Å². The number of aryl methyl sites for hydroxylation is 1. The fourth-order valence-corrected chi connectivity index (χ4v) is 2.97. The average Bonchev–Trinajstić information content (AvgIpc) is 2.77. The van der Waals surface area contributed by atoms with E-state index in [4.69, 9.17) is 5.11 Å². The van der Waals surface area contributed by atoms with Crippen LogP contribution in [-0.4, -0.2) is 68.8 Å². The van der Waals surface area contributed by atoms with E-state index in [1.807, 2.05) is 11.8 Å². The highest BCUT2D eigenvalue weighted by Gasteiger charge is 2.29. The minimum Gasteiger partial charge on any atom is -0.396 e. The lowest BCUT2D eigenvalue weighted by Gasteiger charge is -2.28. The maximum Gasteiger partial charge on any atom is 0.224 e. The predicted molar refractivity (Wildman–Crippen MR) is 83.2 cm³/mol. The third kappa shape index (κ3) is 4.27. The Morgan fingerprint density at radius 3 is 2.77 bits per heavy atom. The molecule has 0 spiro atoms. The molecule has 1 aromatic rings. The molecule has 1 fully saturated rings. The van der Waals surface area contributed by atoms with Gasteiger partial charge in [0, 0.05) is 32.6 Å². The fourth-order valence-electron chi connectivity index (χ4n) is 2.97. The van der Waals surface area contributed by atoms with E-state index < -0.39 is 0 Å². The molecule has 1 saturated heterocycles. The van der Waals surface area contributed by atoms with Crippen LogP contribution >= 0.6 is 0 Å². The van der Waals surface area contributed by atoms with Crippen LogP contribution in [0.1, 0.15) is 44.4 Å². The summed E-state index contributed by atoms with van der Waals surface area (Å²) in [6, 6.07) is 0.138. The molecule has 1 amide bonds. The minimum atomic E-state index is -0.0887. The third-order valence-electron chi connectivity index (χ3n) is 3.96. The number of H-pyrrole nitrogens is 1. The molecule has 1 aliphatic heterocycles. The minimum absolute atomic E-state index is 0.0267. The van der Waals surface area contributed by atoms with Crippen molar-refractivity contribution in [3.05, 3.63) is 11.6 Å². The summed E-state index contributed by atoms with van der Waals surface area (Å²) < 4.78 is 0. The van der Waals surface area contributed by atoms with Crippen molar-refractivity contribution in [2.24, 2.45) is 5.92 Å². The molecule has 2 rings (SSSR count). The van der Waals surface area contributed by atoms with Crippen molar-refractivity contribution in [1.29, 1.82) is 0 Å². The molecule has 1 atom stereocenters. The van der Waals surface area contributed by atoms with Crippen molar-refractivity contribution in [3.63, 3.8) is 0 Å². The Morgan fingerprint density at radius 2 is 2.18 bits per heavy atom. The van der Waals surface area contributed by atoms with Crippen LogP contribution < -0.4 is 0 Å². The Labute approximate surface area is 131 Å².